The maximum Gasteiger partial charge on any atom is 0.222 e. The van der Waals surface area contributed by atoms with Crippen LogP contribution in [0.15, 0.2) is 0 Å². The van der Waals surface area contributed by atoms with Gasteiger partial charge in [-0.1, -0.05) is 19.8 Å². The van der Waals surface area contributed by atoms with Crippen molar-refractivity contribution in [2.24, 2.45) is 5.73 Å². The fourth-order valence-corrected chi connectivity index (χ4v) is 1.70. The maximum absolute atomic E-state index is 11.5. The van der Waals surface area contributed by atoms with E-state index in [0.29, 0.717) is 12.3 Å². The van der Waals surface area contributed by atoms with E-state index < -0.39 is 0 Å². The molecule has 0 saturated carbocycles. The summed E-state index contributed by atoms with van der Waals surface area (Å²) < 4.78 is 0. The second kappa shape index (κ2) is 5.22. The SMILES string of the molecule is CCCCCC(=O)N1CC[C@H](N)C1. The van der Waals surface area contributed by atoms with Crippen molar-refractivity contribution in [1.82, 2.24) is 4.90 Å². The molecule has 0 aliphatic carbocycles. The van der Waals surface area contributed by atoms with E-state index >= 15 is 0 Å². The number of unbranched alkanes of at least 4 members (excludes halogenated alkanes) is 2. The van der Waals surface area contributed by atoms with Gasteiger partial charge in [-0.25, -0.2) is 0 Å². The lowest BCUT2D eigenvalue weighted by Gasteiger charge is -2.15. The van der Waals surface area contributed by atoms with E-state index in [1.54, 1.807) is 0 Å². The Morgan fingerprint density at radius 1 is 1.54 bits per heavy atom. The Labute approximate surface area is 80.3 Å². The van der Waals surface area contributed by atoms with Crippen LogP contribution >= 0.6 is 0 Å². The maximum atomic E-state index is 11.5. The highest BCUT2D eigenvalue weighted by Crippen LogP contribution is 2.10. The van der Waals surface area contributed by atoms with Crippen LogP contribution in [0.2, 0.25) is 0 Å². The molecule has 0 aromatic carbocycles. The van der Waals surface area contributed by atoms with Gasteiger partial charge in [0.15, 0.2) is 0 Å². The molecule has 0 radical (unpaired) electrons. The van der Waals surface area contributed by atoms with Gasteiger partial charge in [0.1, 0.15) is 0 Å². The molecule has 1 atom stereocenters. The van der Waals surface area contributed by atoms with Crippen LogP contribution in [-0.2, 0) is 4.79 Å². The van der Waals surface area contributed by atoms with E-state index in [2.05, 4.69) is 6.92 Å². The lowest BCUT2D eigenvalue weighted by molar-refractivity contribution is -0.130. The summed E-state index contributed by atoms with van der Waals surface area (Å²) in [6.07, 6.45) is 5.04. The molecular weight excluding hydrogens is 164 g/mol. The first-order valence-electron chi connectivity index (χ1n) is 5.27. The normalized spacial score (nSPS) is 22.3. The van der Waals surface area contributed by atoms with Gasteiger partial charge in [-0.15, -0.1) is 0 Å². The average molecular weight is 184 g/mol. The molecule has 3 nitrogen and oxygen atoms in total. The largest absolute Gasteiger partial charge is 0.341 e. The molecule has 0 aromatic heterocycles. The van der Waals surface area contributed by atoms with Crippen molar-refractivity contribution < 1.29 is 4.79 Å². The summed E-state index contributed by atoms with van der Waals surface area (Å²) in [7, 11) is 0. The van der Waals surface area contributed by atoms with Crippen molar-refractivity contribution in [2.75, 3.05) is 13.1 Å². The third-order valence-electron chi connectivity index (χ3n) is 2.57. The fourth-order valence-electron chi connectivity index (χ4n) is 1.70. The van der Waals surface area contributed by atoms with E-state index in [9.17, 15) is 4.79 Å². The second-order valence-corrected chi connectivity index (χ2v) is 3.85. The van der Waals surface area contributed by atoms with E-state index in [1.165, 1.54) is 6.42 Å². The van der Waals surface area contributed by atoms with Gasteiger partial charge >= 0.3 is 0 Å². The van der Waals surface area contributed by atoms with Crippen LogP contribution in [0.25, 0.3) is 0 Å². The Morgan fingerprint density at radius 2 is 2.31 bits per heavy atom. The van der Waals surface area contributed by atoms with Crippen LogP contribution in [0.1, 0.15) is 39.0 Å². The van der Waals surface area contributed by atoms with Crippen LogP contribution in [0, 0.1) is 0 Å². The Hall–Kier alpha value is -0.570. The first-order chi connectivity index (χ1) is 6.24. The van der Waals surface area contributed by atoms with Crippen molar-refractivity contribution in [3.63, 3.8) is 0 Å². The van der Waals surface area contributed by atoms with Crippen LogP contribution in [0.4, 0.5) is 0 Å². The van der Waals surface area contributed by atoms with E-state index in [-0.39, 0.29) is 6.04 Å². The summed E-state index contributed by atoms with van der Waals surface area (Å²) >= 11 is 0. The molecule has 1 aliphatic heterocycles. The third-order valence-corrected chi connectivity index (χ3v) is 2.57. The number of hydrogen-bond donors (Lipinski definition) is 1. The summed E-state index contributed by atoms with van der Waals surface area (Å²) in [6, 6.07) is 0.218. The molecule has 1 saturated heterocycles. The fraction of sp³-hybridized carbons (Fsp3) is 0.900. The van der Waals surface area contributed by atoms with Crippen LogP contribution in [-0.4, -0.2) is 29.9 Å². The molecule has 1 fully saturated rings. The van der Waals surface area contributed by atoms with Gasteiger partial charge in [-0.3, -0.25) is 4.79 Å². The lowest BCUT2D eigenvalue weighted by atomic mass is 10.2. The summed E-state index contributed by atoms with van der Waals surface area (Å²) in [5.41, 5.74) is 5.72. The summed E-state index contributed by atoms with van der Waals surface area (Å²) in [5.74, 6) is 0.293. The number of carbonyl (C=O) groups excluding carboxylic acids is 1. The molecule has 0 unspecified atom stereocenters. The van der Waals surface area contributed by atoms with Gasteiger partial charge in [-0.05, 0) is 12.8 Å². The number of carbonyl (C=O) groups is 1. The quantitative estimate of drug-likeness (QED) is 0.666. The van der Waals surface area contributed by atoms with Gasteiger partial charge in [0.05, 0.1) is 0 Å². The zero-order valence-electron chi connectivity index (χ0n) is 8.46. The molecule has 1 amide bonds. The molecule has 1 aliphatic rings. The van der Waals surface area contributed by atoms with Gasteiger partial charge in [0.2, 0.25) is 5.91 Å². The minimum Gasteiger partial charge on any atom is -0.341 e. The number of hydrogen-bond acceptors (Lipinski definition) is 2. The molecule has 2 N–H and O–H groups in total. The zero-order chi connectivity index (χ0) is 9.68. The smallest absolute Gasteiger partial charge is 0.222 e. The van der Waals surface area contributed by atoms with Crippen LogP contribution in [0.3, 0.4) is 0 Å². The number of rotatable bonds is 4. The Balaban J connectivity index is 2.16. The molecular formula is C10H20N2O. The number of amides is 1. The van der Waals surface area contributed by atoms with Crippen molar-refractivity contribution in [3.8, 4) is 0 Å². The second-order valence-electron chi connectivity index (χ2n) is 3.85. The van der Waals surface area contributed by atoms with Gasteiger partial charge < -0.3 is 10.6 Å². The minimum atomic E-state index is 0.218. The number of likely N-dealkylation sites (tertiary alicyclic amines) is 1. The standard InChI is InChI=1S/C10H20N2O/c1-2-3-4-5-10(13)12-7-6-9(11)8-12/h9H,2-8,11H2,1H3/t9-/m0/s1. The highest BCUT2D eigenvalue weighted by atomic mass is 16.2. The Morgan fingerprint density at radius 3 is 2.85 bits per heavy atom. The summed E-state index contributed by atoms with van der Waals surface area (Å²) in [6.45, 7) is 3.79. The Bertz CT molecular complexity index is 170. The number of nitrogens with two attached hydrogens (primary N) is 1. The van der Waals surface area contributed by atoms with E-state index in [1.807, 2.05) is 4.90 Å². The highest BCUT2D eigenvalue weighted by Gasteiger charge is 2.22. The van der Waals surface area contributed by atoms with E-state index in [0.717, 1.165) is 32.4 Å². The minimum absolute atomic E-state index is 0.218. The lowest BCUT2D eigenvalue weighted by Crippen LogP contribution is -2.31. The van der Waals surface area contributed by atoms with E-state index in [4.69, 9.17) is 5.73 Å². The Kier molecular flexibility index (Phi) is 4.22. The van der Waals surface area contributed by atoms with Crippen molar-refractivity contribution in [3.05, 3.63) is 0 Å². The average Bonchev–Trinajstić information content (AvgIpc) is 2.52. The van der Waals surface area contributed by atoms with Crippen molar-refractivity contribution >= 4 is 5.91 Å². The molecule has 0 bridgehead atoms. The zero-order valence-corrected chi connectivity index (χ0v) is 8.46. The molecule has 0 aromatic rings. The predicted molar refractivity (Wildman–Crippen MR) is 53.3 cm³/mol. The van der Waals surface area contributed by atoms with Gasteiger partial charge in [0.25, 0.3) is 0 Å². The van der Waals surface area contributed by atoms with Crippen molar-refractivity contribution in [1.29, 1.82) is 0 Å². The molecule has 0 spiro atoms. The molecule has 13 heavy (non-hydrogen) atoms. The first kappa shape index (κ1) is 10.5. The molecule has 1 heterocycles. The molecule has 76 valence electrons. The number of nitrogens with zero attached hydrogens (tertiary/aromatic N) is 1. The van der Waals surface area contributed by atoms with Gasteiger partial charge in [-0.2, -0.15) is 0 Å². The summed E-state index contributed by atoms with van der Waals surface area (Å²) in [5, 5.41) is 0. The molecule has 1 rings (SSSR count). The highest BCUT2D eigenvalue weighted by molar-refractivity contribution is 5.76. The first-order valence-corrected chi connectivity index (χ1v) is 5.27. The van der Waals surface area contributed by atoms with Crippen LogP contribution in [0.5, 0.6) is 0 Å². The monoisotopic (exact) mass is 184 g/mol. The van der Waals surface area contributed by atoms with Gasteiger partial charge in [0, 0.05) is 25.6 Å². The third kappa shape index (κ3) is 3.35. The van der Waals surface area contributed by atoms with Crippen molar-refractivity contribution in [2.45, 2.75) is 45.1 Å². The summed E-state index contributed by atoms with van der Waals surface area (Å²) in [4.78, 5) is 13.4. The molecule has 3 heteroatoms. The topological polar surface area (TPSA) is 46.3 Å². The van der Waals surface area contributed by atoms with Crippen LogP contribution < -0.4 is 5.73 Å². The predicted octanol–water partition coefficient (Wildman–Crippen LogP) is 1.13.